The van der Waals surface area contributed by atoms with Crippen molar-refractivity contribution in [3.05, 3.63) is 70.0 Å². The van der Waals surface area contributed by atoms with Crippen LogP contribution in [-0.4, -0.2) is 40.6 Å². The largest absolute Gasteiger partial charge is 0.444 e. The second-order valence-corrected chi connectivity index (χ2v) is 9.21. The summed E-state index contributed by atoms with van der Waals surface area (Å²) in [6.07, 6.45) is -0.352. The lowest BCUT2D eigenvalue weighted by Crippen LogP contribution is -2.41. The molecule has 0 bridgehead atoms. The first-order valence-corrected chi connectivity index (χ1v) is 10.4. The first-order chi connectivity index (χ1) is 14.6. The van der Waals surface area contributed by atoms with E-state index in [0.717, 1.165) is 11.6 Å². The number of nitro benzene ring substituents is 1. The van der Waals surface area contributed by atoms with E-state index in [1.807, 2.05) is 56.0 Å². The van der Waals surface area contributed by atoms with Gasteiger partial charge in [-0.1, -0.05) is 30.3 Å². The molecule has 4 rings (SSSR count). The summed E-state index contributed by atoms with van der Waals surface area (Å²) in [7, 11) is 0. The summed E-state index contributed by atoms with van der Waals surface area (Å²) in [6.45, 7) is 7.13. The maximum absolute atomic E-state index is 13.5. The molecule has 0 N–H and O–H groups in total. The van der Waals surface area contributed by atoms with Crippen molar-refractivity contribution in [3.63, 3.8) is 0 Å². The molecular formula is C23H26FN3O4. The Kier molecular flexibility index (Phi) is 5.33. The fraction of sp³-hybridized carbons (Fsp3) is 0.435. The minimum Gasteiger partial charge on any atom is -0.444 e. The molecule has 1 amide bonds. The van der Waals surface area contributed by atoms with Crippen LogP contribution >= 0.6 is 0 Å². The van der Waals surface area contributed by atoms with Crippen molar-refractivity contribution >= 4 is 17.5 Å². The fourth-order valence-corrected chi connectivity index (χ4v) is 4.46. The average molecular weight is 427 g/mol. The molecule has 0 radical (unpaired) electrons. The molecule has 0 aromatic heterocycles. The number of hydrogen-bond acceptors (Lipinski definition) is 5. The van der Waals surface area contributed by atoms with Crippen LogP contribution < -0.4 is 4.90 Å². The highest BCUT2D eigenvalue weighted by Crippen LogP contribution is 2.51. The second-order valence-electron chi connectivity index (χ2n) is 9.21. The third kappa shape index (κ3) is 4.47. The highest BCUT2D eigenvalue weighted by molar-refractivity contribution is 5.70. The zero-order valence-electron chi connectivity index (χ0n) is 17.8. The molecule has 1 heterocycles. The van der Waals surface area contributed by atoms with Gasteiger partial charge in [0, 0.05) is 37.5 Å². The van der Waals surface area contributed by atoms with E-state index in [-0.39, 0.29) is 29.7 Å². The predicted molar refractivity (Wildman–Crippen MR) is 114 cm³/mol. The van der Waals surface area contributed by atoms with E-state index in [2.05, 4.69) is 0 Å². The molecule has 7 nitrogen and oxygen atoms in total. The molecule has 2 aromatic rings. The Labute approximate surface area is 180 Å². The number of anilines is 1. The molecule has 2 fully saturated rings. The lowest BCUT2D eigenvalue weighted by molar-refractivity contribution is -0.384. The standard InChI is InChI=1S/C23H26FN3O4/c1-23(2,3)31-22(28)26(12-15-7-5-4-6-8-15)21-17-13-25(14-18(17)21)19-10-9-16(24)11-20(19)27(29)30/h4-11,17-18,21H,12-14H2,1-3H3/t17-,18?,21?/m1/s1. The lowest BCUT2D eigenvalue weighted by Gasteiger charge is -2.30. The van der Waals surface area contributed by atoms with Crippen molar-refractivity contribution < 1.29 is 18.8 Å². The average Bonchev–Trinajstić information content (AvgIpc) is 3.17. The third-order valence-electron chi connectivity index (χ3n) is 5.81. The number of amides is 1. The first kappa shape index (κ1) is 21.1. The van der Waals surface area contributed by atoms with Crippen LogP contribution in [0.3, 0.4) is 0 Å². The normalized spacial score (nSPS) is 22.1. The van der Waals surface area contributed by atoms with Crippen molar-refractivity contribution in [2.24, 2.45) is 11.8 Å². The van der Waals surface area contributed by atoms with Crippen LogP contribution in [0.15, 0.2) is 48.5 Å². The fourth-order valence-electron chi connectivity index (χ4n) is 4.46. The van der Waals surface area contributed by atoms with Crippen LogP contribution in [0.5, 0.6) is 0 Å². The van der Waals surface area contributed by atoms with Crippen LogP contribution in [0, 0.1) is 27.8 Å². The predicted octanol–water partition coefficient (Wildman–Crippen LogP) is 4.61. The first-order valence-electron chi connectivity index (χ1n) is 10.4. The SMILES string of the molecule is CC(C)(C)OC(=O)N(Cc1ccccc1)C1C2CN(c3ccc(F)cc3[N+](=O)[O-])C[C@H]21. The summed E-state index contributed by atoms with van der Waals surface area (Å²) in [4.78, 5) is 27.5. The molecule has 1 aliphatic heterocycles. The van der Waals surface area contributed by atoms with Gasteiger partial charge in [0.2, 0.25) is 0 Å². The Morgan fingerprint density at radius 2 is 1.84 bits per heavy atom. The van der Waals surface area contributed by atoms with Crippen LogP contribution in [0.4, 0.5) is 20.6 Å². The minimum atomic E-state index is -0.628. The smallest absolute Gasteiger partial charge is 0.410 e. The summed E-state index contributed by atoms with van der Waals surface area (Å²) < 4.78 is 19.2. The number of halogens is 1. The molecule has 0 spiro atoms. The van der Waals surface area contributed by atoms with E-state index in [1.54, 1.807) is 4.90 Å². The molecule has 1 aliphatic carbocycles. The lowest BCUT2D eigenvalue weighted by atomic mass is 10.2. The van der Waals surface area contributed by atoms with E-state index in [4.69, 9.17) is 4.74 Å². The van der Waals surface area contributed by atoms with Crippen molar-refractivity contribution in [2.45, 2.75) is 39.0 Å². The van der Waals surface area contributed by atoms with Gasteiger partial charge in [-0.2, -0.15) is 0 Å². The van der Waals surface area contributed by atoms with Gasteiger partial charge >= 0.3 is 6.09 Å². The van der Waals surface area contributed by atoms with Crippen molar-refractivity contribution in [1.29, 1.82) is 0 Å². The molecular weight excluding hydrogens is 401 g/mol. The zero-order valence-corrected chi connectivity index (χ0v) is 17.8. The van der Waals surface area contributed by atoms with Gasteiger partial charge in [0.15, 0.2) is 0 Å². The monoisotopic (exact) mass is 427 g/mol. The highest BCUT2D eigenvalue weighted by atomic mass is 19.1. The molecule has 2 unspecified atom stereocenters. The zero-order chi connectivity index (χ0) is 22.3. The highest BCUT2D eigenvalue weighted by Gasteiger charge is 2.60. The number of fused-ring (bicyclic) bond motifs is 1. The minimum absolute atomic E-state index is 0.0193. The Balaban J connectivity index is 1.51. The van der Waals surface area contributed by atoms with Gasteiger partial charge in [0.05, 0.1) is 11.0 Å². The molecule has 164 valence electrons. The third-order valence-corrected chi connectivity index (χ3v) is 5.81. The van der Waals surface area contributed by atoms with Gasteiger partial charge in [0.1, 0.15) is 17.1 Å². The Bertz CT molecular complexity index is 980. The Morgan fingerprint density at radius 1 is 1.19 bits per heavy atom. The number of carbonyl (C=O) groups excluding carboxylic acids is 1. The number of nitrogens with zero attached hydrogens (tertiary/aromatic N) is 3. The van der Waals surface area contributed by atoms with E-state index < -0.39 is 16.3 Å². The number of ether oxygens (including phenoxy) is 1. The Hall–Kier alpha value is -3.16. The number of carbonyl (C=O) groups is 1. The van der Waals surface area contributed by atoms with Gasteiger partial charge in [-0.3, -0.25) is 10.1 Å². The summed E-state index contributed by atoms with van der Waals surface area (Å²) >= 11 is 0. The van der Waals surface area contributed by atoms with Gasteiger partial charge in [-0.05, 0) is 38.5 Å². The topological polar surface area (TPSA) is 75.9 Å². The molecule has 31 heavy (non-hydrogen) atoms. The van der Waals surface area contributed by atoms with Gasteiger partial charge in [-0.25, -0.2) is 9.18 Å². The molecule has 1 saturated heterocycles. The van der Waals surface area contributed by atoms with Crippen molar-refractivity contribution in [2.75, 3.05) is 18.0 Å². The summed E-state index contributed by atoms with van der Waals surface area (Å²) in [6, 6.07) is 13.4. The number of piperidine rings is 1. The summed E-state index contributed by atoms with van der Waals surface area (Å²) in [5, 5.41) is 11.4. The van der Waals surface area contributed by atoms with E-state index in [0.29, 0.717) is 25.3 Å². The van der Waals surface area contributed by atoms with Gasteiger partial charge < -0.3 is 14.5 Å². The number of benzene rings is 2. The van der Waals surface area contributed by atoms with E-state index >= 15 is 0 Å². The summed E-state index contributed by atoms with van der Waals surface area (Å²) in [5.41, 5.74) is 0.608. The maximum atomic E-state index is 13.5. The van der Waals surface area contributed by atoms with Crippen LogP contribution in [0.2, 0.25) is 0 Å². The van der Waals surface area contributed by atoms with Crippen molar-refractivity contribution in [1.82, 2.24) is 4.90 Å². The number of hydrogen-bond donors (Lipinski definition) is 0. The molecule has 3 atom stereocenters. The van der Waals surface area contributed by atoms with Crippen LogP contribution in [0.25, 0.3) is 0 Å². The maximum Gasteiger partial charge on any atom is 0.410 e. The number of rotatable bonds is 5. The van der Waals surface area contributed by atoms with E-state index in [1.165, 1.54) is 12.1 Å². The Morgan fingerprint density at radius 3 is 2.42 bits per heavy atom. The van der Waals surface area contributed by atoms with Gasteiger partial charge in [0.25, 0.3) is 5.69 Å². The van der Waals surface area contributed by atoms with Gasteiger partial charge in [-0.15, -0.1) is 0 Å². The summed E-state index contributed by atoms with van der Waals surface area (Å²) in [5.74, 6) is -0.238. The van der Waals surface area contributed by atoms with E-state index in [9.17, 15) is 19.3 Å². The molecule has 2 aliphatic rings. The van der Waals surface area contributed by atoms with Crippen LogP contribution in [-0.2, 0) is 11.3 Å². The molecule has 8 heteroatoms. The van der Waals surface area contributed by atoms with Crippen molar-refractivity contribution in [3.8, 4) is 0 Å². The number of nitro groups is 1. The molecule has 2 aromatic carbocycles. The second kappa shape index (κ2) is 7.83. The quantitative estimate of drug-likeness (QED) is 0.515. The molecule has 1 saturated carbocycles. The van der Waals surface area contributed by atoms with Crippen LogP contribution in [0.1, 0.15) is 26.3 Å².